The van der Waals surface area contributed by atoms with Crippen molar-refractivity contribution in [2.24, 2.45) is 0 Å². The lowest BCUT2D eigenvalue weighted by Crippen LogP contribution is -2.37. The number of carbonyl (C=O) groups excluding carboxylic acids is 2. The number of methoxy groups -OCH3 is 1. The quantitative estimate of drug-likeness (QED) is 0.610. The number of nitrogens with zero attached hydrogens (tertiary/aromatic N) is 1. The average molecular weight is 448 g/mol. The molecule has 0 aliphatic carbocycles. The molecule has 3 aromatic rings. The number of rotatable bonds is 6. The van der Waals surface area contributed by atoms with Crippen LogP contribution in [0.25, 0.3) is 0 Å². The summed E-state index contributed by atoms with van der Waals surface area (Å²) in [5.41, 5.74) is 2.60. The number of anilines is 1. The summed E-state index contributed by atoms with van der Waals surface area (Å²) >= 11 is 0. The van der Waals surface area contributed by atoms with Crippen molar-refractivity contribution in [3.8, 4) is 11.5 Å². The number of ether oxygens (including phenoxy) is 2. The van der Waals surface area contributed by atoms with Crippen molar-refractivity contribution in [3.63, 3.8) is 0 Å². The number of amides is 2. The number of halogens is 1. The molecule has 1 atom stereocenters. The van der Waals surface area contributed by atoms with Gasteiger partial charge >= 0.3 is 0 Å². The number of hydrogen-bond donors (Lipinski definition) is 1. The first-order chi connectivity index (χ1) is 15.9. The number of hydrogen-bond acceptors (Lipinski definition) is 4. The molecule has 0 radical (unpaired) electrons. The van der Waals surface area contributed by atoms with Gasteiger partial charge in [-0.1, -0.05) is 30.3 Å². The maximum absolute atomic E-state index is 14.2. The predicted octanol–water partition coefficient (Wildman–Crippen LogP) is 4.33. The van der Waals surface area contributed by atoms with Gasteiger partial charge < -0.3 is 19.7 Å². The van der Waals surface area contributed by atoms with Gasteiger partial charge in [0.2, 0.25) is 5.91 Å². The summed E-state index contributed by atoms with van der Waals surface area (Å²) in [6.45, 7) is 2.05. The molecule has 1 N–H and O–H groups in total. The Bertz CT molecular complexity index is 1180. The summed E-state index contributed by atoms with van der Waals surface area (Å²) in [6.07, 6.45) is -0.508. The normalized spacial score (nSPS) is 15.3. The Morgan fingerprint density at radius 1 is 1.15 bits per heavy atom. The highest BCUT2D eigenvalue weighted by molar-refractivity contribution is 5.92. The first-order valence-corrected chi connectivity index (χ1v) is 10.7. The van der Waals surface area contributed by atoms with Crippen molar-refractivity contribution < 1.29 is 23.5 Å². The minimum Gasteiger partial charge on any atom is -0.497 e. The van der Waals surface area contributed by atoms with Crippen LogP contribution < -0.4 is 14.8 Å². The van der Waals surface area contributed by atoms with E-state index in [2.05, 4.69) is 5.32 Å². The molecule has 170 valence electrons. The lowest BCUT2D eigenvalue weighted by atomic mass is 10.1. The van der Waals surface area contributed by atoms with Crippen LogP contribution in [0, 0.1) is 5.82 Å². The molecule has 33 heavy (non-hydrogen) atoms. The number of nitrogens with one attached hydrogen (secondary N) is 1. The third-order valence-corrected chi connectivity index (χ3v) is 5.49. The molecule has 7 heteroatoms. The Morgan fingerprint density at radius 3 is 2.76 bits per heavy atom. The Balaban J connectivity index is 1.51. The summed E-state index contributed by atoms with van der Waals surface area (Å²) in [6, 6.07) is 19.0. The summed E-state index contributed by atoms with van der Waals surface area (Å²) in [4.78, 5) is 27.0. The van der Waals surface area contributed by atoms with Crippen LogP contribution in [-0.2, 0) is 29.1 Å². The minimum atomic E-state index is -0.702. The van der Waals surface area contributed by atoms with Gasteiger partial charge in [-0.05, 0) is 48.9 Å². The second kappa shape index (κ2) is 9.73. The number of fused-ring (bicyclic) bond motifs is 1. The highest BCUT2D eigenvalue weighted by Crippen LogP contribution is 2.29. The zero-order chi connectivity index (χ0) is 23.4. The maximum Gasteiger partial charge on any atom is 0.263 e. The molecule has 6 nitrogen and oxygen atoms in total. The lowest BCUT2D eigenvalue weighted by Gasteiger charge is -2.22. The van der Waals surface area contributed by atoms with Crippen molar-refractivity contribution in [2.75, 3.05) is 12.4 Å². The van der Waals surface area contributed by atoms with Crippen LogP contribution in [0.2, 0.25) is 0 Å². The van der Waals surface area contributed by atoms with Gasteiger partial charge in [-0.3, -0.25) is 9.59 Å². The van der Waals surface area contributed by atoms with Crippen LogP contribution in [-0.4, -0.2) is 29.9 Å². The van der Waals surface area contributed by atoms with Gasteiger partial charge in [0.15, 0.2) is 6.10 Å². The molecule has 4 rings (SSSR count). The molecule has 1 aliphatic heterocycles. The fourth-order valence-corrected chi connectivity index (χ4v) is 3.82. The van der Waals surface area contributed by atoms with Crippen LogP contribution in [0.15, 0.2) is 66.7 Å². The van der Waals surface area contributed by atoms with Gasteiger partial charge in [0, 0.05) is 29.9 Å². The SMILES string of the molecule is COc1cccc(CC(=O)Nc2ccc3c(c2)CN(Cc2ccccc2F)C(=O)C(C)O3)c1. The average Bonchev–Trinajstić information content (AvgIpc) is 2.91. The van der Waals surface area contributed by atoms with Crippen molar-refractivity contribution in [3.05, 3.63) is 89.2 Å². The van der Waals surface area contributed by atoms with Crippen molar-refractivity contribution in [2.45, 2.75) is 32.5 Å². The molecule has 1 aliphatic rings. The van der Waals surface area contributed by atoms with E-state index in [0.29, 0.717) is 22.7 Å². The molecular weight excluding hydrogens is 423 g/mol. The van der Waals surface area contributed by atoms with E-state index in [4.69, 9.17) is 9.47 Å². The smallest absolute Gasteiger partial charge is 0.263 e. The van der Waals surface area contributed by atoms with Crippen LogP contribution in [0.1, 0.15) is 23.6 Å². The van der Waals surface area contributed by atoms with Gasteiger partial charge in [0.1, 0.15) is 17.3 Å². The molecule has 1 unspecified atom stereocenters. The van der Waals surface area contributed by atoms with Gasteiger partial charge in [-0.15, -0.1) is 0 Å². The molecule has 0 spiro atoms. The van der Waals surface area contributed by atoms with Crippen LogP contribution in [0.4, 0.5) is 10.1 Å². The Labute approximate surface area is 191 Å². The van der Waals surface area contributed by atoms with Crippen LogP contribution in [0.5, 0.6) is 11.5 Å². The third kappa shape index (κ3) is 5.31. The first-order valence-electron chi connectivity index (χ1n) is 10.7. The molecule has 1 heterocycles. The Kier molecular flexibility index (Phi) is 6.58. The van der Waals surface area contributed by atoms with E-state index < -0.39 is 6.10 Å². The molecule has 0 aromatic heterocycles. The van der Waals surface area contributed by atoms with E-state index in [1.54, 1.807) is 55.3 Å². The standard InChI is InChI=1S/C26H25FN2O4/c1-17-26(31)29(15-19-7-3-4-9-23(19)27)16-20-14-21(10-11-24(20)33-17)28-25(30)13-18-6-5-8-22(12-18)32-2/h3-12,14,17H,13,15-16H2,1-2H3,(H,28,30). The van der Waals surface area contributed by atoms with E-state index in [1.807, 2.05) is 24.3 Å². The summed E-state index contributed by atoms with van der Waals surface area (Å²) in [5.74, 6) is 0.499. The number of carbonyl (C=O) groups is 2. The van der Waals surface area contributed by atoms with E-state index in [9.17, 15) is 14.0 Å². The second-order valence-corrected chi connectivity index (χ2v) is 7.94. The third-order valence-electron chi connectivity index (χ3n) is 5.49. The number of benzene rings is 3. The maximum atomic E-state index is 14.2. The zero-order valence-corrected chi connectivity index (χ0v) is 18.5. The first kappa shape index (κ1) is 22.3. The van der Waals surface area contributed by atoms with E-state index in [-0.39, 0.29) is 37.1 Å². The fourth-order valence-electron chi connectivity index (χ4n) is 3.82. The summed E-state index contributed by atoms with van der Waals surface area (Å²) < 4.78 is 25.2. The van der Waals surface area contributed by atoms with E-state index in [0.717, 1.165) is 11.1 Å². The topological polar surface area (TPSA) is 67.9 Å². The van der Waals surface area contributed by atoms with Gasteiger partial charge in [-0.2, -0.15) is 0 Å². The second-order valence-electron chi connectivity index (χ2n) is 7.94. The monoisotopic (exact) mass is 448 g/mol. The highest BCUT2D eigenvalue weighted by atomic mass is 19.1. The van der Waals surface area contributed by atoms with Gasteiger partial charge in [0.05, 0.1) is 13.5 Å². The highest BCUT2D eigenvalue weighted by Gasteiger charge is 2.28. The molecule has 0 fully saturated rings. The van der Waals surface area contributed by atoms with Gasteiger partial charge in [0.25, 0.3) is 5.91 Å². The summed E-state index contributed by atoms with van der Waals surface area (Å²) in [5, 5.41) is 2.90. The van der Waals surface area contributed by atoms with E-state index >= 15 is 0 Å². The van der Waals surface area contributed by atoms with Gasteiger partial charge in [-0.25, -0.2) is 4.39 Å². The lowest BCUT2D eigenvalue weighted by molar-refractivity contribution is -0.138. The molecule has 0 saturated carbocycles. The van der Waals surface area contributed by atoms with Crippen molar-refractivity contribution in [1.82, 2.24) is 4.90 Å². The predicted molar refractivity (Wildman–Crippen MR) is 123 cm³/mol. The van der Waals surface area contributed by atoms with Crippen molar-refractivity contribution >= 4 is 17.5 Å². The Morgan fingerprint density at radius 2 is 1.97 bits per heavy atom. The molecule has 2 amide bonds. The largest absolute Gasteiger partial charge is 0.497 e. The molecular formula is C26H25FN2O4. The molecule has 0 bridgehead atoms. The minimum absolute atomic E-state index is 0.130. The molecule has 3 aromatic carbocycles. The van der Waals surface area contributed by atoms with Crippen LogP contribution in [0.3, 0.4) is 0 Å². The summed E-state index contributed by atoms with van der Waals surface area (Å²) in [7, 11) is 1.58. The van der Waals surface area contributed by atoms with E-state index in [1.165, 1.54) is 6.07 Å². The fraction of sp³-hybridized carbons (Fsp3) is 0.231. The van der Waals surface area contributed by atoms with Crippen molar-refractivity contribution in [1.29, 1.82) is 0 Å². The van der Waals surface area contributed by atoms with Crippen LogP contribution >= 0.6 is 0 Å². The Hall–Kier alpha value is -3.87. The molecule has 0 saturated heterocycles. The zero-order valence-electron chi connectivity index (χ0n) is 18.5.